The van der Waals surface area contributed by atoms with Gasteiger partial charge in [0.25, 0.3) is 0 Å². The van der Waals surface area contributed by atoms with Crippen LogP contribution >= 0.6 is 0 Å². The van der Waals surface area contributed by atoms with E-state index in [9.17, 15) is 9.18 Å². The highest BCUT2D eigenvalue weighted by Gasteiger charge is 2.14. The molecule has 0 aliphatic heterocycles. The first-order valence-electron chi connectivity index (χ1n) is 4.07. The predicted molar refractivity (Wildman–Crippen MR) is 47.9 cm³/mol. The lowest BCUT2D eigenvalue weighted by Gasteiger charge is -2.08. The molecular formula is C9H11FN2O2. The van der Waals surface area contributed by atoms with Gasteiger partial charge >= 0.3 is 5.97 Å². The Morgan fingerprint density at radius 3 is 2.93 bits per heavy atom. The van der Waals surface area contributed by atoms with Gasteiger partial charge in [-0.3, -0.25) is 4.79 Å². The van der Waals surface area contributed by atoms with E-state index in [1.54, 1.807) is 0 Å². The number of ether oxygens (including phenoxy) is 1. The van der Waals surface area contributed by atoms with Crippen molar-refractivity contribution in [1.82, 2.24) is 4.98 Å². The van der Waals surface area contributed by atoms with Crippen LogP contribution in [-0.2, 0) is 16.0 Å². The number of nitrogens with zero attached hydrogens (tertiary/aromatic N) is 1. The monoisotopic (exact) mass is 198 g/mol. The van der Waals surface area contributed by atoms with Gasteiger partial charge in [-0.1, -0.05) is 6.07 Å². The maximum atomic E-state index is 12.4. The normalized spacial score (nSPS) is 12.2. The van der Waals surface area contributed by atoms with Crippen molar-refractivity contribution in [2.45, 2.75) is 12.5 Å². The Kier molecular flexibility index (Phi) is 3.53. The number of carbonyl (C=O) groups is 1. The van der Waals surface area contributed by atoms with Gasteiger partial charge in [0, 0.05) is 6.20 Å². The van der Waals surface area contributed by atoms with Crippen LogP contribution in [0.3, 0.4) is 0 Å². The molecule has 0 bridgehead atoms. The van der Waals surface area contributed by atoms with E-state index in [0.29, 0.717) is 12.0 Å². The molecule has 1 atom stereocenters. The van der Waals surface area contributed by atoms with Gasteiger partial charge in [0.1, 0.15) is 6.04 Å². The summed E-state index contributed by atoms with van der Waals surface area (Å²) in [4.78, 5) is 14.4. The van der Waals surface area contributed by atoms with Gasteiger partial charge in [-0.2, -0.15) is 4.39 Å². The van der Waals surface area contributed by atoms with E-state index in [-0.39, 0.29) is 0 Å². The molecule has 0 amide bonds. The minimum Gasteiger partial charge on any atom is -0.468 e. The molecular weight excluding hydrogens is 187 g/mol. The highest BCUT2D eigenvalue weighted by molar-refractivity contribution is 5.75. The number of pyridine rings is 1. The quantitative estimate of drug-likeness (QED) is 0.559. The predicted octanol–water partition coefficient (Wildman–Crippen LogP) is 0.263. The second-order valence-electron chi connectivity index (χ2n) is 2.82. The van der Waals surface area contributed by atoms with Gasteiger partial charge in [0.2, 0.25) is 5.95 Å². The lowest BCUT2D eigenvalue weighted by atomic mass is 10.1. The van der Waals surface area contributed by atoms with Crippen molar-refractivity contribution in [3.8, 4) is 0 Å². The minimum atomic E-state index is -0.729. The second kappa shape index (κ2) is 4.66. The number of nitrogens with two attached hydrogens (primary N) is 1. The Hall–Kier alpha value is -1.49. The molecule has 0 saturated carbocycles. The van der Waals surface area contributed by atoms with E-state index < -0.39 is 18.0 Å². The fourth-order valence-electron chi connectivity index (χ4n) is 1.02. The van der Waals surface area contributed by atoms with Crippen LogP contribution in [0.15, 0.2) is 18.3 Å². The largest absolute Gasteiger partial charge is 0.468 e. The molecule has 0 unspecified atom stereocenters. The Bertz CT molecular complexity index is 313. The maximum Gasteiger partial charge on any atom is 0.322 e. The van der Waals surface area contributed by atoms with Crippen molar-refractivity contribution in [2.24, 2.45) is 5.73 Å². The van der Waals surface area contributed by atoms with Crippen LogP contribution in [0, 0.1) is 5.95 Å². The van der Waals surface area contributed by atoms with E-state index in [2.05, 4.69) is 9.72 Å². The molecule has 0 aliphatic rings. The molecule has 0 fully saturated rings. The summed E-state index contributed by atoms with van der Waals surface area (Å²) >= 11 is 0. The summed E-state index contributed by atoms with van der Waals surface area (Å²) in [7, 11) is 1.27. The first-order chi connectivity index (χ1) is 6.63. The lowest BCUT2D eigenvalue weighted by molar-refractivity contribution is -0.142. The number of rotatable bonds is 3. The fourth-order valence-corrected chi connectivity index (χ4v) is 1.02. The standard InChI is InChI=1S/C9H11FN2O2/c1-14-9(13)7(11)4-6-2-3-8(10)12-5-6/h2-3,5,7H,4,11H2,1H3/t7-/m0/s1. The number of aromatic nitrogens is 1. The SMILES string of the molecule is COC(=O)[C@@H](N)Cc1ccc(F)nc1. The number of hydrogen-bond donors (Lipinski definition) is 1. The molecule has 0 radical (unpaired) electrons. The summed E-state index contributed by atoms with van der Waals surface area (Å²) in [5.41, 5.74) is 6.20. The number of halogens is 1. The maximum absolute atomic E-state index is 12.4. The Morgan fingerprint density at radius 2 is 2.43 bits per heavy atom. The number of carbonyl (C=O) groups excluding carboxylic acids is 1. The molecule has 1 aromatic rings. The Labute approximate surface area is 80.9 Å². The first-order valence-corrected chi connectivity index (χ1v) is 4.07. The fraction of sp³-hybridized carbons (Fsp3) is 0.333. The highest BCUT2D eigenvalue weighted by Crippen LogP contribution is 2.02. The van der Waals surface area contributed by atoms with Gasteiger partial charge in [0.05, 0.1) is 7.11 Å². The van der Waals surface area contributed by atoms with Crippen molar-refractivity contribution in [2.75, 3.05) is 7.11 Å². The zero-order chi connectivity index (χ0) is 10.6. The Morgan fingerprint density at radius 1 is 1.71 bits per heavy atom. The van der Waals surface area contributed by atoms with Crippen molar-refractivity contribution in [3.63, 3.8) is 0 Å². The summed E-state index contributed by atoms with van der Waals surface area (Å²) in [5, 5.41) is 0. The van der Waals surface area contributed by atoms with Crippen LogP contribution in [-0.4, -0.2) is 24.1 Å². The van der Waals surface area contributed by atoms with Gasteiger partial charge in [-0.25, -0.2) is 4.98 Å². The average molecular weight is 198 g/mol. The number of esters is 1. The third-order valence-electron chi connectivity index (χ3n) is 1.75. The van der Waals surface area contributed by atoms with Gasteiger partial charge in [-0.15, -0.1) is 0 Å². The van der Waals surface area contributed by atoms with Gasteiger partial charge in [0.15, 0.2) is 0 Å². The van der Waals surface area contributed by atoms with Crippen LogP contribution in [0.25, 0.3) is 0 Å². The minimum absolute atomic E-state index is 0.292. The van der Waals surface area contributed by atoms with Crippen LogP contribution in [0.4, 0.5) is 4.39 Å². The van der Waals surface area contributed by atoms with Crippen molar-refractivity contribution in [1.29, 1.82) is 0 Å². The third-order valence-corrected chi connectivity index (χ3v) is 1.75. The van der Waals surface area contributed by atoms with Crippen molar-refractivity contribution >= 4 is 5.97 Å². The molecule has 2 N–H and O–H groups in total. The molecule has 1 rings (SSSR count). The molecule has 1 heterocycles. The van der Waals surface area contributed by atoms with Crippen LogP contribution in [0.2, 0.25) is 0 Å². The summed E-state index contributed by atoms with van der Waals surface area (Å²) < 4.78 is 16.9. The van der Waals surface area contributed by atoms with E-state index in [1.165, 1.54) is 25.4 Å². The molecule has 4 nitrogen and oxygen atoms in total. The van der Waals surface area contributed by atoms with Gasteiger partial charge < -0.3 is 10.5 Å². The average Bonchev–Trinajstić information content (AvgIpc) is 2.20. The Balaban J connectivity index is 2.60. The van der Waals surface area contributed by atoms with Crippen molar-refractivity contribution in [3.05, 3.63) is 29.8 Å². The van der Waals surface area contributed by atoms with E-state index in [0.717, 1.165) is 0 Å². The molecule has 0 aliphatic carbocycles. The summed E-state index contributed by atoms with van der Waals surface area (Å²) in [6.45, 7) is 0. The summed E-state index contributed by atoms with van der Waals surface area (Å²) in [5.74, 6) is -1.05. The smallest absolute Gasteiger partial charge is 0.322 e. The van der Waals surface area contributed by atoms with E-state index >= 15 is 0 Å². The summed E-state index contributed by atoms with van der Waals surface area (Å²) in [6, 6.07) is 2.03. The second-order valence-corrected chi connectivity index (χ2v) is 2.82. The van der Waals surface area contributed by atoms with Gasteiger partial charge in [-0.05, 0) is 18.1 Å². The molecule has 76 valence electrons. The summed E-state index contributed by atoms with van der Waals surface area (Å²) in [6.07, 6.45) is 1.64. The highest BCUT2D eigenvalue weighted by atomic mass is 19.1. The molecule has 0 spiro atoms. The topological polar surface area (TPSA) is 65.2 Å². The van der Waals surface area contributed by atoms with E-state index in [1.807, 2.05) is 0 Å². The van der Waals surface area contributed by atoms with Crippen LogP contribution in [0.1, 0.15) is 5.56 Å². The van der Waals surface area contributed by atoms with E-state index in [4.69, 9.17) is 5.73 Å². The van der Waals surface area contributed by atoms with Crippen molar-refractivity contribution < 1.29 is 13.9 Å². The van der Waals surface area contributed by atoms with Crippen LogP contribution in [0.5, 0.6) is 0 Å². The zero-order valence-corrected chi connectivity index (χ0v) is 7.74. The molecule has 0 saturated heterocycles. The third kappa shape index (κ3) is 2.77. The zero-order valence-electron chi connectivity index (χ0n) is 7.74. The molecule has 5 heteroatoms. The molecule has 1 aromatic heterocycles. The molecule has 14 heavy (non-hydrogen) atoms. The first kappa shape index (κ1) is 10.6. The lowest BCUT2D eigenvalue weighted by Crippen LogP contribution is -2.33. The molecule has 0 aromatic carbocycles. The number of methoxy groups -OCH3 is 1. The number of hydrogen-bond acceptors (Lipinski definition) is 4. The van der Waals surface area contributed by atoms with Crippen LogP contribution < -0.4 is 5.73 Å².